The van der Waals surface area contributed by atoms with Gasteiger partial charge in [-0.1, -0.05) is 25.3 Å². The van der Waals surface area contributed by atoms with Crippen molar-refractivity contribution in [2.24, 2.45) is 0 Å². The maximum Gasteiger partial charge on any atom is 0.252 e. The predicted octanol–water partition coefficient (Wildman–Crippen LogP) is 3.91. The number of nitrogens with zero attached hydrogens (tertiary/aromatic N) is 3. The van der Waals surface area contributed by atoms with Crippen molar-refractivity contribution in [1.29, 1.82) is 0 Å². The molecule has 3 heterocycles. The van der Waals surface area contributed by atoms with Crippen LogP contribution in [0.25, 0.3) is 11.0 Å². The highest BCUT2D eigenvalue weighted by molar-refractivity contribution is 7.09. The van der Waals surface area contributed by atoms with Crippen molar-refractivity contribution in [3.63, 3.8) is 0 Å². The van der Waals surface area contributed by atoms with E-state index in [4.69, 9.17) is 0 Å². The van der Waals surface area contributed by atoms with Crippen molar-refractivity contribution >= 4 is 28.3 Å². The molecule has 25 heavy (non-hydrogen) atoms. The summed E-state index contributed by atoms with van der Waals surface area (Å²) in [4.78, 5) is 18.7. The molecule has 3 aromatic heterocycles. The van der Waals surface area contributed by atoms with Crippen LogP contribution in [0.1, 0.15) is 53.0 Å². The zero-order valence-electron chi connectivity index (χ0n) is 14.4. The number of carbonyl (C=O) groups is 1. The van der Waals surface area contributed by atoms with Gasteiger partial charge < -0.3 is 5.32 Å². The number of amides is 1. The lowest BCUT2D eigenvalue weighted by molar-refractivity contribution is 0.0929. The molecular formula is C19H22N4OS. The van der Waals surface area contributed by atoms with Gasteiger partial charge in [0.25, 0.3) is 5.91 Å². The number of carbonyl (C=O) groups excluding carboxylic acids is 1. The number of aryl methyl sites for hydroxylation is 1. The van der Waals surface area contributed by atoms with Crippen molar-refractivity contribution in [2.45, 2.75) is 51.6 Å². The molecule has 1 saturated carbocycles. The second-order valence-corrected chi connectivity index (χ2v) is 7.77. The van der Waals surface area contributed by atoms with Gasteiger partial charge >= 0.3 is 0 Å². The highest BCUT2D eigenvalue weighted by Gasteiger charge is 2.20. The van der Waals surface area contributed by atoms with Gasteiger partial charge in [-0.3, -0.25) is 4.79 Å². The Balaban J connectivity index is 1.64. The molecule has 4 rings (SSSR count). The van der Waals surface area contributed by atoms with Crippen LogP contribution in [0.3, 0.4) is 0 Å². The number of aromatic nitrogens is 3. The summed E-state index contributed by atoms with van der Waals surface area (Å²) in [5.74, 6) is -0.00178. The molecule has 0 unspecified atom stereocenters. The summed E-state index contributed by atoms with van der Waals surface area (Å²) in [5, 5.41) is 10.6. The van der Waals surface area contributed by atoms with Crippen molar-refractivity contribution < 1.29 is 4.79 Å². The maximum absolute atomic E-state index is 12.8. The van der Waals surface area contributed by atoms with E-state index < -0.39 is 0 Å². The molecule has 1 N–H and O–H groups in total. The smallest absolute Gasteiger partial charge is 0.252 e. The van der Waals surface area contributed by atoms with E-state index in [0.29, 0.717) is 18.2 Å². The van der Waals surface area contributed by atoms with E-state index in [-0.39, 0.29) is 5.91 Å². The quantitative estimate of drug-likeness (QED) is 0.773. The number of nitrogens with one attached hydrogen (secondary N) is 1. The van der Waals surface area contributed by atoms with Gasteiger partial charge in [0.05, 0.1) is 23.7 Å². The topological polar surface area (TPSA) is 59.8 Å². The molecule has 0 saturated heterocycles. The average molecular weight is 354 g/mol. The van der Waals surface area contributed by atoms with E-state index >= 15 is 0 Å². The van der Waals surface area contributed by atoms with Crippen molar-refractivity contribution in [3.8, 4) is 0 Å². The third kappa shape index (κ3) is 3.44. The standard InChI is InChI=1S/C19H22N4OS/c1-13-10-16(19(24)22-14-6-3-2-4-7-14)17-11-20-23(18(17)21-13)12-15-8-5-9-25-15/h5,8-11,14H,2-4,6-7,12H2,1H3,(H,22,24). The van der Waals surface area contributed by atoms with Crippen LogP contribution in [0.15, 0.2) is 29.8 Å². The lowest BCUT2D eigenvalue weighted by Crippen LogP contribution is -2.36. The van der Waals surface area contributed by atoms with Crippen LogP contribution >= 0.6 is 11.3 Å². The monoisotopic (exact) mass is 354 g/mol. The largest absolute Gasteiger partial charge is 0.349 e. The normalized spacial score (nSPS) is 15.6. The summed E-state index contributed by atoms with van der Waals surface area (Å²) in [7, 11) is 0. The molecule has 1 aliphatic carbocycles. The van der Waals surface area contributed by atoms with Crippen LogP contribution in [0.5, 0.6) is 0 Å². The molecule has 0 radical (unpaired) electrons. The molecule has 0 spiro atoms. The Kier molecular flexibility index (Phi) is 4.53. The van der Waals surface area contributed by atoms with Crippen LogP contribution in [-0.4, -0.2) is 26.7 Å². The van der Waals surface area contributed by atoms with Gasteiger partial charge in [0.2, 0.25) is 0 Å². The molecule has 130 valence electrons. The molecule has 1 amide bonds. The number of pyridine rings is 1. The first-order chi connectivity index (χ1) is 12.2. The lowest BCUT2D eigenvalue weighted by Gasteiger charge is -2.22. The molecule has 5 nitrogen and oxygen atoms in total. The van der Waals surface area contributed by atoms with Crippen LogP contribution in [0.2, 0.25) is 0 Å². The van der Waals surface area contributed by atoms with Crippen LogP contribution in [-0.2, 0) is 6.54 Å². The lowest BCUT2D eigenvalue weighted by atomic mass is 9.95. The minimum atomic E-state index is -0.00178. The van der Waals surface area contributed by atoms with E-state index in [1.165, 1.54) is 24.1 Å². The van der Waals surface area contributed by atoms with Gasteiger partial charge in [-0.2, -0.15) is 5.10 Å². The Morgan fingerprint density at radius 2 is 2.20 bits per heavy atom. The predicted molar refractivity (Wildman–Crippen MR) is 100 cm³/mol. The Morgan fingerprint density at radius 1 is 1.36 bits per heavy atom. The summed E-state index contributed by atoms with van der Waals surface area (Å²) in [6, 6.07) is 6.29. The van der Waals surface area contributed by atoms with Crippen molar-refractivity contribution in [2.75, 3.05) is 0 Å². The third-order valence-corrected chi connectivity index (χ3v) is 5.67. The summed E-state index contributed by atoms with van der Waals surface area (Å²) >= 11 is 1.70. The molecular weight excluding hydrogens is 332 g/mol. The van der Waals surface area contributed by atoms with E-state index in [2.05, 4.69) is 26.8 Å². The fourth-order valence-electron chi connectivity index (χ4n) is 3.54. The number of hydrogen-bond donors (Lipinski definition) is 1. The SMILES string of the molecule is Cc1cc(C(=O)NC2CCCCC2)c2cnn(Cc3cccs3)c2n1. The average Bonchev–Trinajstić information content (AvgIpc) is 3.26. The third-order valence-electron chi connectivity index (χ3n) is 4.81. The van der Waals surface area contributed by atoms with E-state index in [1.807, 2.05) is 23.7 Å². The van der Waals surface area contributed by atoms with Crippen molar-refractivity contribution in [3.05, 3.63) is 45.9 Å². The fourth-order valence-corrected chi connectivity index (χ4v) is 4.22. The molecule has 0 aromatic carbocycles. The molecule has 1 aliphatic rings. The van der Waals surface area contributed by atoms with Gasteiger partial charge in [0.1, 0.15) is 0 Å². The minimum absolute atomic E-state index is 0.00178. The zero-order valence-corrected chi connectivity index (χ0v) is 15.2. The molecule has 0 aliphatic heterocycles. The first-order valence-electron chi connectivity index (χ1n) is 8.87. The number of rotatable bonds is 4. The molecule has 0 bridgehead atoms. The second-order valence-electron chi connectivity index (χ2n) is 6.74. The Morgan fingerprint density at radius 3 is 2.96 bits per heavy atom. The van der Waals surface area contributed by atoms with Crippen molar-refractivity contribution in [1.82, 2.24) is 20.1 Å². The van der Waals surface area contributed by atoms with Gasteiger partial charge in [-0.15, -0.1) is 11.3 Å². The first kappa shape index (κ1) is 16.3. The molecule has 1 fully saturated rings. The molecule has 3 aromatic rings. The van der Waals surface area contributed by atoms with Gasteiger partial charge in [-0.25, -0.2) is 9.67 Å². The zero-order chi connectivity index (χ0) is 17.2. The second kappa shape index (κ2) is 6.96. The number of hydrogen-bond acceptors (Lipinski definition) is 4. The molecule has 0 atom stereocenters. The van der Waals surface area contributed by atoms with Gasteiger partial charge in [0.15, 0.2) is 5.65 Å². The highest BCUT2D eigenvalue weighted by atomic mass is 32.1. The van der Waals surface area contributed by atoms with Crippen LogP contribution < -0.4 is 5.32 Å². The van der Waals surface area contributed by atoms with Crippen LogP contribution in [0.4, 0.5) is 0 Å². The Bertz CT molecular complexity index is 878. The maximum atomic E-state index is 12.8. The van der Waals surface area contributed by atoms with Gasteiger partial charge in [0, 0.05) is 16.6 Å². The number of thiophene rings is 1. The van der Waals surface area contributed by atoms with Crippen LogP contribution in [0, 0.1) is 6.92 Å². The van der Waals surface area contributed by atoms with E-state index in [9.17, 15) is 4.79 Å². The Hall–Kier alpha value is -2.21. The minimum Gasteiger partial charge on any atom is -0.349 e. The molecule has 6 heteroatoms. The van der Waals surface area contributed by atoms with E-state index in [1.54, 1.807) is 17.5 Å². The summed E-state index contributed by atoms with van der Waals surface area (Å²) in [5.41, 5.74) is 2.31. The highest BCUT2D eigenvalue weighted by Crippen LogP contribution is 2.22. The van der Waals surface area contributed by atoms with Gasteiger partial charge in [-0.05, 0) is 37.3 Å². The number of fused-ring (bicyclic) bond motifs is 1. The summed E-state index contributed by atoms with van der Waals surface area (Å²) in [6.45, 7) is 2.61. The Labute approximate surface area is 151 Å². The van der Waals surface area contributed by atoms with E-state index in [0.717, 1.165) is 29.6 Å². The first-order valence-corrected chi connectivity index (χ1v) is 9.75. The summed E-state index contributed by atoms with van der Waals surface area (Å²) in [6.07, 6.45) is 7.61. The summed E-state index contributed by atoms with van der Waals surface area (Å²) < 4.78 is 1.88. The fraction of sp³-hybridized carbons (Fsp3) is 0.421.